The van der Waals surface area contributed by atoms with Gasteiger partial charge in [0.25, 0.3) is 0 Å². The molecule has 0 aliphatic heterocycles. The molecule has 0 spiro atoms. The Morgan fingerprint density at radius 1 is 1.50 bits per heavy atom. The summed E-state index contributed by atoms with van der Waals surface area (Å²) in [5.41, 5.74) is 6.75. The lowest BCUT2D eigenvalue weighted by Crippen LogP contribution is -2.20. The molecule has 5 nitrogen and oxygen atoms in total. The maximum atomic E-state index is 11.8. The van der Waals surface area contributed by atoms with Crippen molar-refractivity contribution in [2.75, 3.05) is 30.9 Å². The van der Waals surface area contributed by atoms with E-state index in [-0.39, 0.29) is 18.4 Å². The SMILES string of the molecule is CCOCC(C)OCCC(=O)Nc1cc(Cl)ccc1N. The highest BCUT2D eigenvalue weighted by Crippen LogP contribution is 2.22. The largest absolute Gasteiger partial charge is 0.397 e. The zero-order valence-corrected chi connectivity index (χ0v) is 12.6. The Balaban J connectivity index is 2.31. The predicted octanol–water partition coefficient (Wildman–Crippen LogP) is 2.69. The number of carbonyl (C=O) groups excluding carboxylic acids is 1. The Kier molecular flexibility index (Phi) is 7.36. The third kappa shape index (κ3) is 6.23. The van der Waals surface area contributed by atoms with Crippen LogP contribution >= 0.6 is 11.6 Å². The van der Waals surface area contributed by atoms with Crippen LogP contribution in [0.3, 0.4) is 0 Å². The van der Waals surface area contributed by atoms with E-state index in [1.807, 2.05) is 13.8 Å². The van der Waals surface area contributed by atoms with Crippen LogP contribution in [-0.2, 0) is 14.3 Å². The van der Waals surface area contributed by atoms with Crippen molar-refractivity contribution < 1.29 is 14.3 Å². The molecule has 1 rings (SSSR count). The van der Waals surface area contributed by atoms with Crippen molar-refractivity contribution in [3.63, 3.8) is 0 Å². The second kappa shape index (κ2) is 8.79. The summed E-state index contributed by atoms with van der Waals surface area (Å²) in [5, 5.41) is 3.23. The van der Waals surface area contributed by atoms with E-state index in [1.54, 1.807) is 18.2 Å². The number of amides is 1. The number of nitrogens with two attached hydrogens (primary N) is 1. The third-order valence-corrected chi connectivity index (χ3v) is 2.81. The molecule has 112 valence electrons. The average molecular weight is 301 g/mol. The lowest BCUT2D eigenvalue weighted by molar-refractivity contribution is -0.118. The minimum Gasteiger partial charge on any atom is -0.397 e. The first-order valence-corrected chi connectivity index (χ1v) is 6.95. The predicted molar refractivity (Wildman–Crippen MR) is 81.0 cm³/mol. The molecule has 1 unspecified atom stereocenters. The molecule has 1 aromatic rings. The molecule has 0 aliphatic carbocycles. The molecule has 0 aliphatic rings. The first-order chi connectivity index (χ1) is 9.52. The minimum atomic E-state index is -0.164. The van der Waals surface area contributed by atoms with Gasteiger partial charge >= 0.3 is 0 Å². The van der Waals surface area contributed by atoms with Gasteiger partial charge in [-0.15, -0.1) is 0 Å². The van der Waals surface area contributed by atoms with E-state index >= 15 is 0 Å². The van der Waals surface area contributed by atoms with E-state index in [1.165, 1.54) is 0 Å². The van der Waals surface area contributed by atoms with E-state index in [0.717, 1.165) is 0 Å². The number of hydrogen-bond donors (Lipinski definition) is 2. The highest BCUT2D eigenvalue weighted by Gasteiger charge is 2.08. The number of hydrogen-bond acceptors (Lipinski definition) is 4. The molecule has 6 heteroatoms. The number of rotatable bonds is 8. The van der Waals surface area contributed by atoms with Crippen molar-refractivity contribution in [3.8, 4) is 0 Å². The Bertz CT molecular complexity index is 440. The van der Waals surface area contributed by atoms with E-state index < -0.39 is 0 Å². The standard InChI is InChI=1S/C14H21ClN2O3/c1-3-19-9-10(2)20-7-6-14(18)17-13-8-11(15)4-5-12(13)16/h4-5,8,10H,3,6-7,9,16H2,1-2H3,(H,17,18). The van der Waals surface area contributed by atoms with Crippen LogP contribution in [0.15, 0.2) is 18.2 Å². The van der Waals surface area contributed by atoms with Gasteiger partial charge in [-0.1, -0.05) is 11.6 Å². The van der Waals surface area contributed by atoms with Crippen LogP contribution < -0.4 is 11.1 Å². The monoisotopic (exact) mass is 300 g/mol. The van der Waals surface area contributed by atoms with Gasteiger partial charge in [0.05, 0.1) is 37.1 Å². The summed E-state index contributed by atoms with van der Waals surface area (Å²) < 4.78 is 10.7. The topological polar surface area (TPSA) is 73.6 Å². The minimum absolute atomic E-state index is 0.0287. The molecule has 0 heterocycles. The van der Waals surface area contributed by atoms with Gasteiger partial charge in [-0.25, -0.2) is 0 Å². The van der Waals surface area contributed by atoms with Gasteiger partial charge in [0, 0.05) is 11.6 Å². The molecular formula is C14H21ClN2O3. The summed E-state index contributed by atoms with van der Waals surface area (Å²) in [5.74, 6) is -0.164. The highest BCUT2D eigenvalue weighted by atomic mass is 35.5. The summed E-state index contributed by atoms with van der Waals surface area (Å²) in [7, 11) is 0. The molecule has 0 radical (unpaired) electrons. The smallest absolute Gasteiger partial charge is 0.226 e. The number of benzene rings is 1. The van der Waals surface area contributed by atoms with Crippen LogP contribution in [0.2, 0.25) is 5.02 Å². The van der Waals surface area contributed by atoms with Crippen LogP contribution in [0, 0.1) is 0 Å². The van der Waals surface area contributed by atoms with Gasteiger partial charge in [0.2, 0.25) is 5.91 Å². The normalized spacial score (nSPS) is 12.2. The van der Waals surface area contributed by atoms with Crippen molar-refractivity contribution in [1.82, 2.24) is 0 Å². The maximum absolute atomic E-state index is 11.8. The fourth-order valence-electron chi connectivity index (χ4n) is 1.53. The molecule has 1 atom stereocenters. The number of anilines is 2. The van der Waals surface area contributed by atoms with Crippen molar-refractivity contribution >= 4 is 28.9 Å². The van der Waals surface area contributed by atoms with Gasteiger partial charge in [-0.3, -0.25) is 4.79 Å². The zero-order chi connectivity index (χ0) is 15.0. The highest BCUT2D eigenvalue weighted by molar-refractivity contribution is 6.31. The van der Waals surface area contributed by atoms with Crippen molar-refractivity contribution in [1.29, 1.82) is 0 Å². The molecular weight excluding hydrogens is 280 g/mol. The molecule has 0 saturated carbocycles. The van der Waals surface area contributed by atoms with Crippen LogP contribution in [0.1, 0.15) is 20.3 Å². The third-order valence-electron chi connectivity index (χ3n) is 2.58. The second-order valence-electron chi connectivity index (χ2n) is 4.37. The zero-order valence-electron chi connectivity index (χ0n) is 11.8. The quantitative estimate of drug-likeness (QED) is 0.724. The number of halogens is 1. The van der Waals surface area contributed by atoms with Gasteiger partial charge in [0.1, 0.15) is 0 Å². The summed E-state index contributed by atoms with van der Waals surface area (Å²) >= 11 is 5.85. The number of carbonyl (C=O) groups is 1. The molecule has 0 saturated heterocycles. The number of nitrogens with one attached hydrogen (secondary N) is 1. The maximum Gasteiger partial charge on any atom is 0.226 e. The fourth-order valence-corrected chi connectivity index (χ4v) is 1.71. The fraction of sp³-hybridized carbons (Fsp3) is 0.500. The van der Waals surface area contributed by atoms with Crippen molar-refractivity contribution in [2.24, 2.45) is 0 Å². The second-order valence-corrected chi connectivity index (χ2v) is 4.81. The summed E-state index contributed by atoms with van der Waals surface area (Å²) in [6.07, 6.45) is 0.224. The lowest BCUT2D eigenvalue weighted by atomic mass is 10.2. The molecule has 0 fully saturated rings. The van der Waals surface area contributed by atoms with E-state index in [4.69, 9.17) is 26.8 Å². The van der Waals surface area contributed by atoms with Crippen molar-refractivity contribution in [3.05, 3.63) is 23.2 Å². The Labute approximate surface area is 124 Å². The number of ether oxygens (including phenoxy) is 2. The van der Waals surface area contributed by atoms with Gasteiger partial charge in [0.15, 0.2) is 0 Å². The molecule has 3 N–H and O–H groups in total. The lowest BCUT2D eigenvalue weighted by Gasteiger charge is -2.13. The molecule has 1 aromatic carbocycles. The van der Waals surface area contributed by atoms with Crippen LogP contribution in [0.4, 0.5) is 11.4 Å². The van der Waals surface area contributed by atoms with E-state index in [2.05, 4.69) is 5.32 Å². The molecule has 0 aromatic heterocycles. The van der Waals surface area contributed by atoms with Gasteiger partial charge in [-0.05, 0) is 32.0 Å². The van der Waals surface area contributed by atoms with Gasteiger partial charge < -0.3 is 20.5 Å². The average Bonchev–Trinajstić information content (AvgIpc) is 2.40. The van der Waals surface area contributed by atoms with Crippen LogP contribution in [-0.4, -0.2) is 31.8 Å². The summed E-state index contributed by atoms with van der Waals surface area (Å²) in [6, 6.07) is 4.94. The summed E-state index contributed by atoms with van der Waals surface area (Å²) in [6.45, 7) is 5.35. The van der Waals surface area contributed by atoms with Crippen molar-refractivity contribution in [2.45, 2.75) is 26.4 Å². The summed E-state index contributed by atoms with van der Waals surface area (Å²) in [4.78, 5) is 11.8. The molecule has 20 heavy (non-hydrogen) atoms. The van der Waals surface area contributed by atoms with Crippen LogP contribution in [0.25, 0.3) is 0 Å². The first kappa shape index (κ1) is 16.8. The number of nitrogen functional groups attached to an aromatic ring is 1. The Morgan fingerprint density at radius 2 is 2.25 bits per heavy atom. The molecule has 1 amide bonds. The van der Waals surface area contributed by atoms with Gasteiger partial charge in [-0.2, -0.15) is 0 Å². The van der Waals surface area contributed by atoms with E-state index in [9.17, 15) is 4.79 Å². The Hall–Kier alpha value is -1.30. The first-order valence-electron chi connectivity index (χ1n) is 6.57. The van der Waals surface area contributed by atoms with E-state index in [0.29, 0.717) is 36.2 Å². The van der Waals surface area contributed by atoms with Crippen LogP contribution in [0.5, 0.6) is 0 Å². The Morgan fingerprint density at radius 3 is 2.95 bits per heavy atom. The molecule has 0 bridgehead atoms.